The highest BCUT2D eigenvalue weighted by Crippen LogP contribution is 2.51. The third-order valence-corrected chi connectivity index (χ3v) is 5.20. The van der Waals surface area contributed by atoms with Crippen LogP contribution in [0, 0.1) is 0 Å². The van der Waals surface area contributed by atoms with Crippen LogP contribution in [0.3, 0.4) is 0 Å². The predicted octanol–water partition coefficient (Wildman–Crippen LogP) is 5.30. The van der Waals surface area contributed by atoms with Gasteiger partial charge in [0.1, 0.15) is 23.4 Å². The monoisotopic (exact) mass is 370 g/mol. The molecule has 2 atom stereocenters. The molecular formula is C20H19ClN2O3. The molecule has 1 heterocycles. The number of hydrogen-bond acceptors (Lipinski definition) is 5. The van der Waals surface area contributed by atoms with Crippen LogP contribution in [-0.4, -0.2) is 19.4 Å². The Balaban J connectivity index is 1.73. The fraction of sp³-hybridized carbons (Fsp3) is 0.250. The van der Waals surface area contributed by atoms with Crippen molar-refractivity contribution < 1.29 is 14.0 Å². The molecule has 0 aliphatic heterocycles. The van der Waals surface area contributed by atoms with Gasteiger partial charge in [0, 0.05) is 24.3 Å². The average molecular weight is 371 g/mol. The van der Waals surface area contributed by atoms with Gasteiger partial charge in [-0.1, -0.05) is 41.0 Å². The zero-order valence-electron chi connectivity index (χ0n) is 14.5. The SMILES string of the molecule is COc1ccc2c(c1Cl)C(OC)CC2c1nocc1Nc1ccccc1. The number of nitrogens with one attached hydrogen (secondary N) is 1. The molecule has 6 heteroatoms. The molecule has 26 heavy (non-hydrogen) atoms. The van der Waals surface area contributed by atoms with Crippen molar-refractivity contribution in [1.82, 2.24) is 5.16 Å². The van der Waals surface area contributed by atoms with Gasteiger partial charge in [-0.2, -0.15) is 0 Å². The Labute approximate surface area is 156 Å². The maximum Gasteiger partial charge on any atom is 0.147 e. The van der Waals surface area contributed by atoms with Crippen molar-refractivity contribution in [3.8, 4) is 5.75 Å². The number of ether oxygens (including phenoxy) is 2. The van der Waals surface area contributed by atoms with E-state index in [1.54, 1.807) is 20.5 Å². The third kappa shape index (κ3) is 2.83. The van der Waals surface area contributed by atoms with Gasteiger partial charge in [0.15, 0.2) is 0 Å². The summed E-state index contributed by atoms with van der Waals surface area (Å²) in [5.41, 5.74) is 4.72. The highest BCUT2D eigenvalue weighted by Gasteiger charge is 2.37. The summed E-state index contributed by atoms with van der Waals surface area (Å²) in [6.07, 6.45) is 2.26. The van der Waals surface area contributed by atoms with Crippen molar-refractivity contribution in [3.63, 3.8) is 0 Å². The van der Waals surface area contributed by atoms with Gasteiger partial charge in [-0.15, -0.1) is 0 Å². The van der Waals surface area contributed by atoms with Gasteiger partial charge < -0.3 is 19.3 Å². The highest BCUT2D eigenvalue weighted by molar-refractivity contribution is 6.33. The summed E-state index contributed by atoms with van der Waals surface area (Å²) >= 11 is 6.56. The van der Waals surface area contributed by atoms with E-state index in [0.717, 1.165) is 34.6 Å². The van der Waals surface area contributed by atoms with Gasteiger partial charge in [-0.05, 0) is 30.2 Å². The molecule has 0 saturated heterocycles. The topological polar surface area (TPSA) is 56.5 Å². The van der Waals surface area contributed by atoms with Crippen molar-refractivity contribution in [3.05, 3.63) is 70.6 Å². The van der Waals surface area contributed by atoms with E-state index < -0.39 is 0 Å². The molecule has 2 aromatic carbocycles. The molecule has 1 aliphatic carbocycles. The molecule has 134 valence electrons. The summed E-state index contributed by atoms with van der Waals surface area (Å²) in [4.78, 5) is 0. The van der Waals surface area contributed by atoms with Crippen molar-refractivity contribution in [2.24, 2.45) is 0 Å². The van der Waals surface area contributed by atoms with E-state index in [9.17, 15) is 0 Å². The van der Waals surface area contributed by atoms with E-state index >= 15 is 0 Å². The van der Waals surface area contributed by atoms with Crippen LogP contribution < -0.4 is 10.1 Å². The Morgan fingerprint density at radius 2 is 1.96 bits per heavy atom. The highest BCUT2D eigenvalue weighted by atomic mass is 35.5. The lowest BCUT2D eigenvalue weighted by molar-refractivity contribution is 0.102. The van der Waals surface area contributed by atoms with Gasteiger partial charge in [0.25, 0.3) is 0 Å². The lowest BCUT2D eigenvalue weighted by Gasteiger charge is -2.13. The van der Waals surface area contributed by atoms with Crippen molar-refractivity contribution >= 4 is 23.0 Å². The quantitative estimate of drug-likeness (QED) is 0.660. The molecule has 1 aromatic heterocycles. The zero-order valence-corrected chi connectivity index (χ0v) is 15.3. The second kappa shape index (κ2) is 7.02. The van der Waals surface area contributed by atoms with Gasteiger partial charge in [0.05, 0.1) is 18.2 Å². The second-order valence-electron chi connectivity index (χ2n) is 6.20. The molecule has 0 spiro atoms. The Kier molecular flexibility index (Phi) is 4.57. The van der Waals surface area contributed by atoms with E-state index in [4.69, 9.17) is 25.6 Å². The number of anilines is 2. The average Bonchev–Trinajstić information content (AvgIpc) is 3.27. The number of fused-ring (bicyclic) bond motifs is 1. The van der Waals surface area contributed by atoms with Crippen molar-refractivity contribution in [2.45, 2.75) is 18.4 Å². The molecule has 0 saturated carbocycles. The van der Waals surface area contributed by atoms with Crippen LogP contribution >= 0.6 is 11.6 Å². The minimum Gasteiger partial charge on any atom is -0.495 e. The number of aromatic nitrogens is 1. The number of hydrogen-bond donors (Lipinski definition) is 1. The molecule has 0 amide bonds. The van der Waals surface area contributed by atoms with E-state index in [1.165, 1.54) is 0 Å². The van der Waals surface area contributed by atoms with E-state index in [2.05, 4.69) is 10.5 Å². The number of halogens is 1. The summed E-state index contributed by atoms with van der Waals surface area (Å²) in [7, 11) is 3.31. The summed E-state index contributed by atoms with van der Waals surface area (Å²) in [6, 6.07) is 13.9. The number of para-hydroxylation sites is 1. The fourth-order valence-corrected chi connectivity index (χ4v) is 3.95. The van der Waals surface area contributed by atoms with Gasteiger partial charge in [-0.25, -0.2) is 0 Å². The summed E-state index contributed by atoms with van der Waals surface area (Å²) < 4.78 is 16.3. The minimum atomic E-state index is -0.112. The molecule has 3 aromatic rings. The zero-order chi connectivity index (χ0) is 18.1. The number of benzene rings is 2. The van der Waals surface area contributed by atoms with Crippen LogP contribution in [-0.2, 0) is 4.74 Å². The minimum absolute atomic E-state index is 0.0309. The van der Waals surface area contributed by atoms with E-state index in [0.29, 0.717) is 10.8 Å². The first kappa shape index (κ1) is 16.9. The molecule has 2 unspecified atom stereocenters. The van der Waals surface area contributed by atoms with Crippen LogP contribution in [0.5, 0.6) is 5.75 Å². The Morgan fingerprint density at radius 1 is 1.15 bits per heavy atom. The first-order valence-electron chi connectivity index (χ1n) is 8.38. The normalized spacial score (nSPS) is 18.6. The number of rotatable bonds is 5. The molecule has 5 nitrogen and oxygen atoms in total. The Morgan fingerprint density at radius 3 is 2.69 bits per heavy atom. The molecule has 0 bridgehead atoms. The summed E-state index contributed by atoms with van der Waals surface area (Å²) in [5.74, 6) is 0.680. The third-order valence-electron chi connectivity index (χ3n) is 4.81. The van der Waals surface area contributed by atoms with Crippen molar-refractivity contribution in [1.29, 1.82) is 0 Å². The molecule has 1 N–H and O–H groups in total. The number of nitrogens with zero attached hydrogens (tertiary/aromatic N) is 1. The lowest BCUT2D eigenvalue weighted by Crippen LogP contribution is -2.02. The van der Waals surface area contributed by atoms with Crippen LogP contribution in [0.4, 0.5) is 11.4 Å². The standard InChI is InChI=1S/C20H19ClN2O3/c1-24-16-9-8-13-14(10-17(25-2)18(13)19(16)21)20-15(11-26-23-20)22-12-6-4-3-5-7-12/h3-9,11,14,17,22H,10H2,1-2H3. The van der Waals surface area contributed by atoms with Crippen LogP contribution in [0.2, 0.25) is 5.02 Å². The molecular weight excluding hydrogens is 352 g/mol. The fourth-order valence-electron chi connectivity index (χ4n) is 3.58. The maximum atomic E-state index is 6.56. The van der Waals surface area contributed by atoms with Gasteiger partial charge in [0.2, 0.25) is 0 Å². The predicted molar refractivity (Wildman–Crippen MR) is 100 cm³/mol. The molecule has 4 rings (SSSR count). The van der Waals surface area contributed by atoms with Crippen LogP contribution in [0.15, 0.2) is 53.3 Å². The first-order valence-corrected chi connectivity index (χ1v) is 8.76. The van der Waals surface area contributed by atoms with Crippen LogP contribution in [0.1, 0.15) is 35.3 Å². The number of methoxy groups -OCH3 is 2. The maximum absolute atomic E-state index is 6.56. The smallest absolute Gasteiger partial charge is 0.147 e. The van der Waals surface area contributed by atoms with Crippen LogP contribution in [0.25, 0.3) is 0 Å². The Bertz CT molecular complexity index is 911. The van der Waals surface area contributed by atoms with Gasteiger partial charge in [-0.3, -0.25) is 0 Å². The van der Waals surface area contributed by atoms with E-state index in [1.807, 2.05) is 42.5 Å². The van der Waals surface area contributed by atoms with Gasteiger partial charge >= 0.3 is 0 Å². The lowest BCUT2D eigenvalue weighted by atomic mass is 9.96. The first-order chi connectivity index (χ1) is 12.7. The molecule has 0 radical (unpaired) electrons. The van der Waals surface area contributed by atoms with E-state index in [-0.39, 0.29) is 12.0 Å². The largest absolute Gasteiger partial charge is 0.495 e. The molecule has 1 aliphatic rings. The van der Waals surface area contributed by atoms with Crippen molar-refractivity contribution in [2.75, 3.05) is 19.5 Å². The summed E-state index contributed by atoms with van der Waals surface area (Å²) in [6.45, 7) is 0. The second-order valence-corrected chi connectivity index (χ2v) is 6.58. The summed E-state index contributed by atoms with van der Waals surface area (Å²) in [5, 5.41) is 8.24. The Hall–Kier alpha value is -2.50. The molecule has 0 fully saturated rings.